The maximum absolute atomic E-state index is 4.91. The molecule has 0 amide bonds. The quantitative estimate of drug-likeness (QED) is 0.374. The number of halogens is 1. The molecule has 0 aromatic carbocycles. The summed E-state index contributed by atoms with van der Waals surface area (Å²) >= 11 is 4.14. The van der Waals surface area contributed by atoms with Gasteiger partial charge in [-0.05, 0) is 25.7 Å². The lowest BCUT2D eigenvalue weighted by atomic mass is 9.88. The molecule has 0 N–H and O–H groups in total. The second kappa shape index (κ2) is 6.20. The molecular weight excluding hydrogens is 367 g/mol. The summed E-state index contributed by atoms with van der Waals surface area (Å²) in [4.78, 5) is 4.91. The number of hydrogen-bond donors (Lipinski definition) is 0. The van der Waals surface area contributed by atoms with Crippen molar-refractivity contribution in [2.24, 2.45) is 0 Å². The Morgan fingerprint density at radius 2 is 1.89 bits per heavy atom. The normalized spacial score (nSPS) is 12.8. The summed E-state index contributed by atoms with van der Waals surface area (Å²) in [5, 5.41) is 2.94. The number of rotatable bonds is 5. The van der Waals surface area contributed by atoms with E-state index in [1.165, 1.54) is 11.4 Å². The Kier molecular flexibility index (Phi) is 5.58. The van der Waals surface area contributed by atoms with Crippen LogP contribution >= 0.6 is 34.4 Å². The average Bonchev–Trinajstić information content (AvgIpc) is 2.57. The van der Waals surface area contributed by atoms with Crippen molar-refractivity contribution in [2.75, 3.05) is 0 Å². The van der Waals surface area contributed by atoms with Gasteiger partial charge in [-0.1, -0.05) is 68.6 Å². The van der Waals surface area contributed by atoms with Crippen molar-refractivity contribution in [3.05, 3.63) is 23.4 Å². The smallest absolute Gasteiger partial charge is 0.172 e. The second-order valence-corrected chi connectivity index (χ2v) is 9.88. The molecule has 1 rings (SSSR count). The predicted octanol–water partition coefficient (Wildman–Crippen LogP) is 5.50. The van der Waals surface area contributed by atoms with E-state index in [4.69, 9.17) is 4.98 Å². The highest BCUT2D eigenvalue weighted by atomic mass is 127. The summed E-state index contributed by atoms with van der Waals surface area (Å²) < 4.78 is 2.45. The number of hydrogen-bond acceptors (Lipinski definition) is 2. The maximum atomic E-state index is 4.91. The molecule has 2 nitrogen and oxygen atoms in total. The summed E-state index contributed by atoms with van der Waals surface area (Å²) in [5.74, 6) is 0. The van der Waals surface area contributed by atoms with Gasteiger partial charge in [-0.3, -0.25) is 0 Å². The molecule has 0 bridgehead atoms. The lowest BCUT2D eigenvalue weighted by Crippen LogP contribution is -2.22. The third-order valence-corrected chi connectivity index (χ3v) is 4.04. The van der Waals surface area contributed by atoms with Crippen LogP contribution in [-0.4, -0.2) is 9.55 Å². The standard InChI is InChI=1S/C15H25IN2S/c1-8-10-18-12(15(6,7)16)11(14(3,4)5)17-13(18)19-9-2/h9H,2,8,10H2,1,3-7H3. The molecule has 0 aliphatic rings. The van der Waals surface area contributed by atoms with Gasteiger partial charge in [-0.25, -0.2) is 4.98 Å². The number of aromatic nitrogens is 2. The summed E-state index contributed by atoms with van der Waals surface area (Å²) in [5.41, 5.74) is 2.63. The van der Waals surface area contributed by atoms with Gasteiger partial charge >= 0.3 is 0 Å². The van der Waals surface area contributed by atoms with Crippen LogP contribution in [0.2, 0.25) is 0 Å². The molecule has 4 heteroatoms. The number of thioether (sulfide) groups is 1. The first-order chi connectivity index (χ1) is 8.62. The Morgan fingerprint density at radius 3 is 2.26 bits per heavy atom. The molecule has 1 aromatic heterocycles. The first kappa shape index (κ1) is 17.1. The lowest BCUT2D eigenvalue weighted by molar-refractivity contribution is 0.537. The van der Waals surface area contributed by atoms with Crippen LogP contribution in [0.3, 0.4) is 0 Å². The zero-order valence-corrected chi connectivity index (χ0v) is 15.9. The zero-order chi connectivity index (χ0) is 14.8. The Hall–Kier alpha value is 0.0300. The molecule has 0 fully saturated rings. The van der Waals surface area contributed by atoms with Gasteiger partial charge < -0.3 is 4.57 Å². The first-order valence-electron chi connectivity index (χ1n) is 6.70. The van der Waals surface area contributed by atoms with Crippen LogP contribution in [-0.2, 0) is 15.4 Å². The zero-order valence-electron chi connectivity index (χ0n) is 12.9. The second-order valence-electron chi connectivity index (χ2n) is 6.25. The predicted molar refractivity (Wildman–Crippen MR) is 94.3 cm³/mol. The molecule has 0 aliphatic heterocycles. The topological polar surface area (TPSA) is 17.8 Å². The van der Waals surface area contributed by atoms with Crippen molar-refractivity contribution in [1.29, 1.82) is 0 Å². The minimum absolute atomic E-state index is 0.0627. The minimum atomic E-state index is 0.0627. The van der Waals surface area contributed by atoms with E-state index >= 15 is 0 Å². The summed E-state index contributed by atoms with van der Waals surface area (Å²) in [6.45, 7) is 18.3. The fourth-order valence-electron chi connectivity index (χ4n) is 2.15. The van der Waals surface area contributed by atoms with E-state index in [1.807, 2.05) is 5.41 Å². The van der Waals surface area contributed by atoms with Crippen LogP contribution < -0.4 is 0 Å². The van der Waals surface area contributed by atoms with Crippen LogP contribution in [0.4, 0.5) is 0 Å². The third kappa shape index (κ3) is 4.00. The molecule has 0 saturated carbocycles. The molecule has 19 heavy (non-hydrogen) atoms. The molecule has 0 aliphatic carbocycles. The van der Waals surface area contributed by atoms with Crippen LogP contribution in [0.15, 0.2) is 17.1 Å². The third-order valence-electron chi connectivity index (χ3n) is 2.84. The number of nitrogens with zero attached hydrogens (tertiary/aromatic N) is 2. The number of imidazole rings is 1. The van der Waals surface area contributed by atoms with E-state index in [0.717, 1.165) is 18.1 Å². The van der Waals surface area contributed by atoms with Crippen molar-refractivity contribution in [3.8, 4) is 0 Å². The van der Waals surface area contributed by atoms with E-state index in [-0.39, 0.29) is 8.84 Å². The minimum Gasteiger partial charge on any atom is -0.321 e. The van der Waals surface area contributed by atoms with Gasteiger partial charge in [0.05, 0.1) is 14.8 Å². The number of alkyl halides is 1. The molecular formula is C15H25IN2S. The van der Waals surface area contributed by atoms with Crippen LogP contribution in [0.5, 0.6) is 0 Å². The largest absolute Gasteiger partial charge is 0.321 e. The average molecular weight is 392 g/mol. The van der Waals surface area contributed by atoms with Crippen LogP contribution in [0, 0.1) is 0 Å². The van der Waals surface area contributed by atoms with E-state index in [1.54, 1.807) is 11.8 Å². The van der Waals surface area contributed by atoms with Gasteiger partial charge in [0.25, 0.3) is 0 Å². The molecule has 0 spiro atoms. The Bertz CT molecular complexity index is 450. The SMILES string of the molecule is C=CSc1nc(C(C)(C)C)c(C(C)(C)I)n1CCC. The highest BCUT2D eigenvalue weighted by Crippen LogP contribution is 2.40. The molecule has 1 heterocycles. The van der Waals surface area contributed by atoms with Gasteiger partial charge in [-0.2, -0.15) is 0 Å². The van der Waals surface area contributed by atoms with E-state index in [2.05, 4.69) is 75.3 Å². The molecule has 0 unspecified atom stereocenters. The van der Waals surface area contributed by atoms with Gasteiger partial charge in [0, 0.05) is 12.0 Å². The summed E-state index contributed by atoms with van der Waals surface area (Å²) in [7, 11) is 0. The van der Waals surface area contributed by atoms with E-state index in [9.17, 15) is 0 Å². The fourth-order valence-corrected chi connectivity index (χ4v) is 3.30. The lowest BCUT2D eigenvalue weighted by Gasteiger charge is -2.26. The van der Waals surface area contributed by atoms with Crippen molar-refractivity contribution in [1.82, 2.24) is 9.55 Å². The van der Waals surface area contributed by atoms with Gasteiger partial charge in [0.15, 0.2) is 5.16 Å². The molecule has 0 atom stereocenters. The first-order valence-corrected chi connectivity index (χ1v) is 8.66. The van der Waals surface area contributed by atoms with E-state index < -0.39 is 0 Å². The van der Waals surface area contributed by atoms with Gasteiger partial charge in [0.2, 0.25) is 0 Å². The van der Waals surface area contributed by atoms with Gasteiger partial charge in [-0.15, -0.1) is 0 Å². The van der Waals surface area contributed by atoms with Crippen molar-refractivity contribution >= 4 is 34.4 Å². The fraction of sp³-hybridized carbons (Fsp3) is 0.667. The maximum Gasteiger partial charge on any atom is 0.172 e. The Balaban J connectivity index is 3.55. The van der Waals surface area contributed by atoms with Crippen molar-refractivity contribution in [3.63, 3.8) is 0 Å². The summed E-state index contributed by atoms with van der Waals surface area (Å²) in [6.07, 6.45) is 1.12. The molecule has 108 valence electrons. The van der Waals surface area contributed by atoms with E-state index in [0.29, 0.717) is 0 Å². The highest BCUT2D eigenvalue weighted by Gasteiger charge is 2.33. The Labute approximate surface area is 135 Å². The monoisotopic (exact) mass is 392 g/mol. The van der Waals surface area contributed by atoms with Crippen LogP contribution in [0.1, 0.15) is 59.4 Å². The van der Waals surface area contributed by atoms with Crippen molar-refractivity contribution < 1.29 is 0 Å². The molecule has 0 radical (unpaired) electrons. The van der Waals surface area contributed by atoms with Gasteiger partial charge in [0.1, 0.15) is 0 Å². The van der Waals surface area contributed by atoms with Crippen molar-refractivity contribution in [2.45, 2.75) is 68.5 Å². The van der Waals surface area contributed by atoms with Crippen LogP contribution in [0.25, 0.3) is 0 Å². The molecule has 1 aromatic rings. The Morgan fingerprint density at radius 1 is 1.32 bits per heavy atom. The summed E-state index contributed by atoms with van der Waals surface area (Å²) in [6, 6.07) is 0. The highest BCUT2D eigenvalue weighted by molar-refractivity contribution is 14.1. The molecule has 0 saturated heterocycles.